The van der Waals surface area contributed by atoms with E-state index in [2.05, 4.69) is 21.4 Å². The van der Waals surface area contributed by atoms with Gasteiger partial charge in [0.15, 0.2) is 0 Å². The number of aromatic nitrogens is 2. The molecule has 0 radical (unpaired) electrons. The van der Waals surface area contributed by atoms with Gasteiger partial charge in [-0.05, 0) is 31.5 Å². The van der Waals surface area contributed by atoms with E-state index in [4.69, 9.17) is 10.00 Å². The monoisotopic (exact) mass is 282 g/mol. The lowest BCUT2D eigenvalue weighted by atomic mass is 10.1. The van der Waals surface area contributed by atoms with Crippen molar-refractivity contribution in [3.63, 3.8) is 0 Å². The Morgan fingerprint density at radius 2 is 2.05 bits per heavy atom. The molecule has 1 aromatic carbocycles. The fraction of sp³-hybridized carbons (Fsp3) is 0.312. The van der Waals surface area contributed by atoms with E-state index >= 15 is 0 Å². The maximum absolute atomic E-state index is 8.97. The molecule has 0 bridgehead atoms. The van der Waals surface area contributed by atoms with E-state index in [9.17, 15) is 0 Å². The Bertz CT molecular complexity index is 676. The summed E-state index contributed by atoms with van der Waals surface area (Å²) in [6.07, 6.45) is 0.729. The van der Waals surface area contributed by atoms with Gasteiger partial charge in [0.25, 0.3) is 0 Å². The fourth-order valence-electron chi connectivity index (χ4n) is 1.85. The van der Waals surface area contributed by atoms with Crippen LogP contribution in [-0.2, 0) is 6.42 Å². The number of nitrogens with one attached hydrogen (secondary N) is 1. The largest absolute Gasteiger partial charge is 0.439 e. The third-order valence-electron chi connectivity index (χ3n) is 2.95. The minimum atomic E-state index is 0.482. The topological polar surface area (TPSA) is 70.8 Å². The molecular formula is C16H18N4O. The van der Waals surface area contributed by atoms with Crippen molar-refractivity contribution >= 4 is 5.82 Å². The van der Waals surface area contributed by atoms with E-state index in [-0.39, 0.29) is 0 Å². The molecule has 0 saturated carbocycles. The van der Waals surface area contributed by atoms with Crippen molar-refractivity contribution in [3.8, 4) is 17.7 Å². The molecule has 1 N–H and O–H groups in total. The summed E-state index contributed by atoms with van der Waals surface area (Å²) < 4.78 is 5.84. The highest BCUT2D eigenvalue weighted by Crippen LogP contribution is 2.26. The van der Waals surface area contributed by atoms with Crippen molar-refractivity contribution in [2.75, 3.05) is 11.9 Å². The van der Waals surface area contributed by atoms with Gasteiger partial charge >= 0.3 is 0 Å². The number of hydrogen-bond acceptors (Lipinski definition) is 5. The number of nitrogens with zero attached hydrogens (tertiary/aromatic N) is 3. The van der Waals surface area contributed by atoms with Crippen LogP contribution in [-0.4, -0.2) is 16.5 Å². The van der Waals surface area contributed by atoms with Gasteiger partial charge in [-0.15, -0.1) is 0 Å². The van der Waals surface area contributed by atoms with Gasteiger partial charge in [-0.3, -0.25) is 0 Å². The lowest BCUT2D eigenvalue weighted by Gasteiger charge is -2.11. The molecule has 0 aliphatic heterocycles. The Hall–Kier alpha value is -2.61. The van der Waals surface area contributed by atoms with E-state index in [1.807, 2.05) is 26.8 Å². The second kappa shape index (κ2) is 6.71. The second-order valence-corrected chi connectivity index (χ2v) is 4.59. The molecule has 2 aromatic rings. The summed E-state index contributed by atoms with van der Waals surface area (Å²) in [4.78, 5) is 8.75. The number of ether oxygens (including phenoxy) is 1. The molecule has 21 heavy (non-hydrogen) atoms. The van der Waals surface area contributed by atoms with Gasteiger partial charge in [-0.2, -0.15) is 10.2 Å². The number of nitriles is 1. The minimum Gasteiger partial charge on any atom is -0.439 e. The molecule has 1 heterocycles. The smallest absolute Gasteiger partial charge is 0.224 e. The van der Waals surface area contributed by atoms with Gasteiger partial charge in [0.05, 0.1) is 11.6 Å². The molecule has 0 fully saturated rings. The molecule has 0 spiro atoms. The predicted molar refractivity (Wildman–Crippen MR) is 81.5 cm³/mol. The molecule has 0 atom stereocenters. The van der Waals surface area contributed by atoms with Gasteiger partial charge in [0.2, 0.25) is 5.88 Å². The molecule has 2 rings (SSSR count). The predicted octanol–water partition coefficient (Wildman–Crippen LogP) is 3.44. The van der Waals surface area contributed by atoms with Gasteiger partial charge in [0, 0.05) is 19.0 Å². The van der Waals surface area contributed by atoms with Crippen molar-refractivity contribution in [2.24, 2.45) is 0 Å². The Labute approximate surface area is 124 Å². The van der Waals surface area contributed by atoms with Crippen molar-refractivity contribution in [1.29, 1.82) is 5.26 Å². The van der Waals surface area contributed by atoms with Gasteiger partial charge in [-0.25, -0.2) is 4.98 Å². The number of hydrogen-bond donors (Lipinski definition) is 1. The van der Waals surface area contributed by atoms with Crippen LogP contribution in [0.25, 0.3) is 0 Å². The first-order chi connectivity index (χ1) is 10.2. The van der Waals surface area contributed by atoms with Gasteiger partial charge in [-0.1, -0.05) is 13.0 Å². The van der Waals surface area contributed by atoms with Crippen molar-refractivity contribution in [3.05, 3.63) is 41.2 Å². The summed E-state index contributed by atoms with van der Waals surface area (Å²) in [5.41, 5.74) is 1.52. The Kier molecular flexibility index (Phi) is 4.72. The zero-order chi connectivity index (χ0) is 15.2. The average Bonchev–Trinajstić information content (AvgIpc) is 2.49. The molecule has 1 aromatic heterocycles. The molecule has 108 valence electrons. The van der Waals surface area contributed by atoms with Crippen LogP contribution in [0.3, 0.4) is 0 Å². The molecule has 5 heteroatoms. The SMILES string of the molecule is CCNc1cc(Oc2cc(C#N)ccc2C)nc(CC)n1. The van der Waals surface area contributed by atoms with Crippen molar-refractivity contribution in [1.82, 2.24) is 9.97 Å². The summed E-state index contributed by atoms with van der Waals surface area (Å²) in [6, 6.07) is 9.22. The fourth-order valence-corrected chi connectivity index (χ4v) is 1.85. The Morgan fingerprint density at radius 1 is 1.24 bits per heavy atom. The normalized spacial score (nSPS) is 10.0. The highest BCUT2D eigenvalue weighted by Gasteiger charge is 2.08. The van der Waals surface area contributed by atoms with E-state index in [1.54, 1.807) is 18.2 Å². The van der Waals surface area contributed by atoms with Crippen LogP contribution in [0.1, 0.15) is 30.8 Å². The highest BCUT2D eigenvalue weighted by molar-refractivity contribution is 5.45. The molecule has 5 nitrogen and oxygen atoms in total. The number of aryl methyl sites for hydroxylation is 2. The lowest BCUT2D eigenvalue weighted by molar-refractivity contribution is 0.455. The van der Waals surface area contributed by atoms with Crippen LogP contribution in [0.5, 0.6) is 11.6 Å². The van der Waals surface area contributed by atoms with Crippen LogP contribution >= 0.6 is 0 Å². The maximum Gasteiger partial charge on any atom is 0.224 e. The molecule has 0 aliphatic rings. The first kappa shape index (κ1) is 14.8. The summed E-state index contributed by atoms with van der Waals surface area (Å²) in [7, 11) is 0. The van der Waals surface area contributed by atoms with Crippen LogP contribution in [0.4, 0.5) is 5.82 Å². The van der Waals surface area contributed by atoms with E-state index in [1.165, 1.54) is 0 Å². The summed E-state index contributed by atoms with van der Waals surface area (Å²) in [5, 5.41) is 12.1. The Balaban J connectivity index is 2.34. The first-order valence-electron chi connectivity index (χ1n) is 6.96. The van der Waals surface area contributed by atoms with E-state index in [0.29, 0.717) is 17.2 Å². The third kappa shape index (κ3) is 3.69. The number of rotatable bonds is 5. The zero-order valence-corrected chi connectivity index (χ0v) is 12.5. The van der Waals surface area contributed by atoms with E-state index < -0.39 is 0 Å². The highest BCUT2D eigenvalue weighted by atomic mass is 16.5. The quantitative estimate of drug-likeness (QED) is 0.909. The van der Waals surface area contributed by atoms with Crippen LogP contribution in [0.2, 0.25) is 0 Å². The minimum absolute atomic E-state index is 0.482. The van der Waals surface area contributed by atoms with Crippen LogP contribution in [0.15, 0.2) is 24.3 Å². The third-order valence-corrected chi connectivity index (χ3v) is 2.95. The number of benzene rings is 1. The molecule has 0 saturated heterocycles. The lowest BCUT2D eigenvalue weighted by Crippen LogP contribution is -2.04. The van der Waals surface area contributed by atoms with Crippen molar-refractivity contribution in [2.45, 2.75) is 27.2 Å². The number of anilines is 1. The Morgan fingerprint density at radius 3 is 2.71 bits per heavy atom. The maximum atomic E-state index is 8.97. The summed E-state index contributed by atoms with van der Waals surface area (Å²) in [6.45, 7) is 6.72. The molecule has 0 amide bonds. The second-order valence-electron chi connectivity index (χ2n) is 4.59. The van der Waals surface area contributed by atoms with Crippen molar-refractivity contribution < 1.29 is 4.74 Å². The summed E-state index contributed by atoms with van der Waals surface area (Å²) in [5.74, 6) is 2.58. The first-order valence-corrected chi connectivity index (χ1v) is 6.96. The average molecular weight is 282 g/mol. The van der Waals surface area contributed by atoms with Gasteiger partial charge in [0.1, 0.15) is 17.4 Å². The zero-order valence-electron chi connectivity index (χ0n) is 12.5. The summed E-state index contributed by atoms with van der Waals surface area (Å²) >= 11 is 0. The standard InChI is InChI=1S/C16H18N4O/c1-4-14-19-15(18-5-2)9-16(20-14)21-13-8-12(10-17)7-6-11(13)3/h6-9H,4-5H2,1-3H3,(H,18,19,20). The molecular weight excluding hydrogens is 264 g/mol. The molecule has 0 aliphatic carbocycles. The molecule has 0 unspecified atom stereocenters. The van der Waals surface area contributed by atoms with Crippen LogP contribution in [0, 0.1) is 18.3 Å². The van der Waals surface area contributed by atoms with E-state index in [0.717, 1.165) is 30.2 Å². The van der Waals surface area contributed by atoms with Crippen LogP contribution < -0.4 is 10.1 Å². The van der Waals surface area contributed by atoms with Gasteiger partial charge < -0.3 is 10.1 Å².